The van der Waals surface area contributed by atoms with Crippen molar-refractivity contribution >= 4 is 17.8 Å². The number of nitrogens with one attached hydrogen (secondary N) is 1. The highest BCUT2D eigenvalue weighted by Crippen LogP contribution is 2.51. The molecule has 2 saturated heterocycles. The highest BCUT2D eigenvalue weighted by molar-refractivity contribution is 6.09. The molecule has 0 radical (unpaired) electrons. The van der Waals surface area contributed by atoms with Crippen LogP contribution in [0.1, 0.15) is 43.0 Å². The number of hydrogen-bond donors (Lipinski definition) is 2. The van der Waals surface area contributed by atoms with Crippen molar-refractivity contribution in [2.45, 2.75) is 45.3 Å². The van der Waals surface area contributed by atoms with Crippen LogP contribution in [0.5, 0.6) is 0 Å². The number of carboxylic acid groups (broad SMARTS) is 1. The lowest BCUT2D eigenvalue weighted by Crippen LogP contribution is -2.56. The highest BCUT2D eigenvalue weighted by Gasteiger charge is 2.68. The van der Waals surface area contributed by atoms with E-state index in [1.54, 1.807) is 0 Å². The van der Waals surface area contributed by atoms with Crippen molar-refractivity contribution in [2.75, 3.05) is 0 Å². The van der Waals surface area contributed by atoms with E-state index in [-0.39, 0.29) is 24.8 Å². The first-order chi connectivity index (χ1) is 14.8. The molecular formula is C25H28N2O4. The number of hydrogen-bond acceptors (Lipinski definition) is 4. The van der Waals surface area contributed by atoms with Crippen LogP contribution in [0.4, 0.5) is 0 Å². The Morgan fingerprint density at radius 3 is 2.32 bits per heavy atom. The van der Waals surface area contributed by atoms with Crippen molar-refractivity contribution < 1.29 is 19.5 Å². The van der Waals surface area contributed by atoms with Crippen molar-refractivity contribution in [1.29, 1.82) is 0 Å². The van der Waals surface area contributed by atoms with Crippen LogP contribution in [0.15, 0.2) is 54.6 Å². The van der Waals surface area contributed by atoms with Gasteiger partial charge in [0, 0.05) is 6.04 Å². The molecule has 4 rings (SSSR count). The van der Waals surface area contributed by atoms with Gasteiger partial charge in [0.15, 0.2) is 0 Å². The van der Waals surface area contributed by atoms with Crippen molar-refractivity contribution in [1.82, 2.24) is 10.2 Å². The summed E-state index contributed by atoms with van der Waals surface area (Å²) in [5, 5.41) is 13.6. The van der Waals surface area contributed by atoms with Gasteiger partial charge in [-0.05, 0) is 36.0 Å². The first-order valence-electron chi connectivity index (χ1n) is 10.7. The Labute approximate surface area is 182 Å². The number of carbonyl (C=O) groups excluding carboxylic acids is 2. The van der Waals surface area contributed by atoms with Crippen LogP contribution in [0.3, 0.4) is 0 Å². The molecular weight excluding hydrogens is 392 g/mol. The van der Waals surface area contributed by atoms with Gasteiger partial charge in [-0.15, -0.1) is 0 Å². The van der Waals surface area contributed by atoms with Gasteiger partial charge in [0.25, 0.3) is 0 Å². The van der Waals surface area contributed by atoms with Crippen molar-refractivity contribution in [3.63, 3.8) is 0 Å². The molecule has 0 aliphatic carbocycles. The van der Waals surface area contributed by atoms with E-state index < -0.39 is 35.3 Å². The lowest BCUT2D eigenvalue weighted by Gasteiger charge is -2.32. The van der Waals surface area contributed by atoms with Crippen LogP contribution in [0, 0.1) is 24.7 Å². The molecule has 0 aromatic heterocycles. The van der Waals surface area contributed by atoms with E-state index in [2.05, 4.69) is 5.32 Å². The molecule has 2 heterocycles. The second kappa shape index (κ2) is 7.93. The SMILES string of the molecule is Cc1ccccc1C1NC(CC(C)C)(C(=O)O)C2C(=O)N(Cc3ccccc3)C(=O)C12. The number of aliphatic carboxylic acids is 1. The summed E-state index contributed by atoms with van der Waals surface area (Å²) in [7, 11) is 0. The minimum atomic E-state index is -1.48. The fourth-order valence-corrected chi connectivity index (χ4v) is 5.30. The Bertz CT molecular complexity index is 1020. The predicted molar refractivity (Wildman–Crippen MR) is 116 cm³/mol. The minimum absolute atomic E-state index is 0.0333. The molecule has 2 fully saturated rings. The molecule has 0 saturated carbocycles. The van der Waals surface area contributed by atoms with Gasteiger partial charge in [-0.25, -0.2) is 0 Å². The van der Waals surface area contributed by atoms with Gasteiger partial charge in [-0.2, -0.15) is 0 Å². The van der Waals surface area contributed by atoms with Crippen LogP contribution < -0.4 is 5.32 Å². The van der Waals surface area contributed by atoms with E-state index >= 15 is 0 Å². The third kappa shape index (κ3) is 3.45. The Kier molecular flexibility index (Phi) is 5.43. The summed E-state index contributed by atoms with van der Waals surface area (Å²) < 4.78 is 0. The van der Waals surface area contributed by atoms with Crippen LogP contribution >= 0.6 is 0 Å². The maximum atomic E-state index is 13.6. The highest BCUT2D eigenvalue weighted by atomic mass is 16.4. The number of likely N-dealkylation sites (tertiary alicyclic amines) is 1. The van der Waals surface area contributed by atoms with Gasteiger partial charge in [0.1, 0.15) is 5.54 Å². The van der Waals surface area contributed by atoms with Crippen LogP contribution in [-0.4, -0.2) is 33.3 Å². The molecule has 4 unspecified atom stereocenters. The first-order valence-corrected chi connectivity index (χ1v) is 10.7. The molecule has 4 atom stereocenters. The van der Waals surface area contributed by atoms with E-state index in [1.165, 1.54) is 4.90 Å². The predicted octanol–water partition coefficient (Wildman–Crippen LogP) is 3.31. The molecule has 31 heavy (non-hydrogen) atoms. The van der Waals surface area contributed by atoms with Gasteiger partial charge in [0.05, 0.1) is 18.4 Å². The van der Waals surface area contributed by atoms with Gasteiger partial charge in [-0.3, -0.25) is 24.6 Å². The fraction of sp³-hybridized carbons (Fsp3) is 0.400. The quantitative estimate of drug-likeness (QED) is 0.700. The third-order valence-electron chi connectivity index (χ3n) is 6.56. The molecule has 2 N–H and O–H groups in total. The van der Waals surface area contributed by atoms with Gasteiger partial charge >= 0.3 is 5.97 Å². The molecule has 6 nitrogen and oxygen atoms in total. The maximum absolute atomic E-state index is 13.6. The average Bonchev–Trinajstić information content (AvgIpc) is 3.19. The first kappa shape index (κ1) is 21.2. The summed E-state index contributed by atoms with van der Waals surface area (Å²) >= 11 is 0. The zero-order valence-corrected chi connectivity index (χ0v) is 18.0. The number of carboxylic acids is 1. The number of nitrogens with zero attached hydrogens (tertiary/aromatic N) is 1. The summed E-state index contributed by atoms with van der Waals surface area (Å²) in [5.41, 5.74) is 1.19. The summed E-state index contributed by atoms with van der Waals surface area (Å²) in [6.45, 7) is 5.97. The van der Waals surface area contributed by atoms with E-state index in [1.807, 2.05) is 75.4 Å². The standard InChI is InChI=1S/C25H28N2O4/c1-15(2)13-25(24(30)31)20-19(21(26-25)18-12-8-7-9-16(18)3)22(28)27(23(20)29)14-17-10-5-4-6-11-17/h4-12,15,19-21,26H,13-14H2,1-3H3,(H,30,31). The topological polar surface area (TPSA) is 86.7 Å². The van der Waals surface area contributed by atoms with Crippen LogP contribution in [0.25, 0.3) is 0 Å². The number of rotatable bonds is 6. The zero-order valence-electron chi connectivity index (χ0n) is 18.0. The molecule has 6 heteroatoms. The summed E-state index contributed by atoms with van der Waals surface area (Å²) in [6, 6.07) is 16.4. The number of aryl methyl sites for hydroxylation is 1. The summed E-state index contributed by atoms with van der Waals surface area (Å²) in [4.78, 5) is 41.0. The molecule has 2 aromatic carbocycles. The summed E-state index contributed by atoms with van der Waals surface area (Å²) in [6.07, 6.45) is 0.268. The molecule has 0 bridgehead atoms. The second-order valence-corrected chi connectivity index (χ2v) is 9.10. The number of carbonyl (C=O) groups is 3. The molecule has 2 aliphatic rings. The minimum Gasteiger partial charge on any atom is -0.480 e. The van der Waals surface area contributed by atoms with Gasteiger partial charge in [0.2, 0.25) is 11.8 Å². The van der Waals surface area contributed by atoms with Crippen LogP contribution in [-0.2, 0) is 20.9 Å². The normalized spacial score (nSPS) is 27.7. The number of amides is 2. The second-order valence-electron chi connectivity index (χ2n) is 9.10. The van der Waals surface area contributed by atoms with Gasteiger partial charge < -0.3 is 5.11 Å². The Balaban J connectivity index is 1.81. The average molecular weight is 421 g/mol. The van der Waals surface area contributed by atoms with Crippen molar-refractivity contribution in [2.24, 2.45) is 17.8 Å². The molecule has 2 amide bonds. The number of benzene rings is 2. The molecule has 2 aliphatic heterocycles. The van der Waals surface area contributed by atoms with Gasteiger partial charge in [-0.1, -0.05) is 68.4 Å². The summed E-state index contributed by atoms with van der Waals surface area (Å²) in [5.74, 6) is -3.42. The monoisotopic (exact) mass is 420 g/mol. The van der Waals surface area contributed by atoms with Crippen molar-refractivity contribution in [3.8, 4) is 0 Å². The largest absolute Gasteiger partial charge is 0.480 e. The van der Waals surface area contributed by atoms with E-state index in [9.17, 15) is 19.5 Å². The molecule has 0 spiro atoms. The number of fused-ring (bicyclic) bond motifs is 1. The molecule has 2 aromatic rings. The maximum Gasteiger partial charge on any atom is 0.324 e. The van der Waals surface area contributed by atoms with E-state index in [0.29, 0.717) is 0 Å². The fourth-order valence-electron chi connectivity index (χ4n) is 5.30. The van der Waals surface area contributed by atoms with E-state index in [0.717, 1.165) is 16.7 Å². The van der Waals surface area contributed by atoms with Crippen molar-refractivity contribution in [3.05, 3.63) is 71.3 Å². The Morgan fingerprint density at radius 2 is 1.71 bits per heavy atom. The third-order valence-corrected chi connectivity index (χ3v) is 6.56. The zero-order chi connectivity index (χ0) is 22.3. The lowest BCUT2D eigenvalue weighted by molar-refractivity contribution is -0.152. The lowest BCUT2D eigenvalue weighted by atomic mass is 9.75. The van der Waals surface area contributed by atoms with E-state index in [4.69, 9.17) is 0 Å². The Hall–Kier alpha value is -2.99. The number of imide groups is 1. The smallest absolute Gasteiger partial charge is 0.324 e. The Morgan fingerprint density at radius 1 is 1.06 bits per heavy atom. The molecule has 162 valence electrons. The van der Waals surface area contributed by atoms with Crippen LogP contribution in [0.2, 0.25) is 0 Å².